The first kappa shape index (κ1) is 22.0. The molecule has 0 spiro atoms. The first-order valence-corrected chi connectivity index (χ1v) is 10.4. The van der Waals surface area contributed by atoms with Gasteiger partial charge in [-0.3, -0.25) is 4.90 Å². The van der Waals surface area contributed by atoms with Crippen LogP contribution in [0.5, 0.6) is 0 Å². The fourth-order valence-corrected chi connectivity index (χ4v) is 3.71. The van der Waals surface area contributed by atoms with Gasteiger partial charge in [0.05, 0.1) is 30.4 Å². The predicted octanol–water partition coefficient (Wildman–Crippen LogP) is 3.66. The number of hydrogen-bond acceptors (Lipinski definition) is 7. The Labute approximate surface area is 188 Å². The SMILES string of the molecule is C[C@H](Nc1nccc(N2C(=O)OC[C@@H]2[C@H](C)F)n1)c1ncn(-c2ccc(Cl)cc2)c1CO. The number of benzene rings is 1. The number of cyclic esters (lactones) is 1. The van der Waals surface area contributed by atoms with Crippen molar-refractivity contribution in [1.29, 1.82) is 0 Å². The van der Waals surface area contributed by atoms with E-state index in [0.717, 1.165) is 5.69 Å². The topological polar surface area (TPSA) is 105 Å². The number of aliphatic hydroxyl groups excluding tert-OH is 1. The summed E-state index contributed by atoms with van der Waals surface area (Å²) in [5.74, 6) is 0.464. The lowest BCUT2D eigenvalue weighted by Crippen LogP contribution is -2.39. The van der Waals surface area contributed by atoms with Crippen LogP contribution in [0.25, 0.3) is 5.69 Å². The first-order valence-electron chi connectivity index (χ1n) is 10.0. The summed E-state index contributed by atoms with van der Waals surface area (Å²) in [7, 11) is 0. The number of carbonyl (C=O) groups is 1. The number of carbonyl (C=O) groups excluding carboxylic acids is 1. The minimum atomic E-state index is -1.28. The van der Waals surface area contributed by atoms with Crippen molar-refractivity contribution in [3.63, 3.8) is 0 Å². The van der Waals surface area contributed by atoms with Gasteiger partial charge in [-0.05, 0) is 44.2 Å². The highest BCUT2D eigenvalue weighted by Gasteiger charge is 2.39. The van der Waals surface area contributed by atoms with Crippen LogP contribution < -0.4 is 10.2 Å². The smallest absolute Gasteiger partial charge is 0.416 e. The van der Waals surface area contributed by atoms with Crippen LogP contribution in [-0.4, -0.2) is 49.5 Å². The summed E-state index contributed by atoms with van der Waals surface area (Å²) in [5, 5.41) is 13.7. The summed E-state index contributed by atoms with van der Waals surface area (Å²) in [6.07, 6.45) is 1.16. The molecule has 0 radical (unpaired) electrons. The number of rotatable bonds is 7. The number of alkyl halides is 1. The van der Waals surface area contributed by atoms with E-state index in [4.69, 9.17) is 16.3 Å². The molecular weight excluding hydrogens is 439 g/mol. The van der Waals surface area contributed by atoms with Crippen molar-refractivity contribution < 1.29 is 19.0 Å². The number of aromatic nitrogens is 4. The zero-order chi connectivity index (χ0) is 22.8. The third-order valence-electron chi connectivity index (χ3n) is 5.23. The summed E-state index contributed by atoms with van der Waals surface area (Å²) in [4.78, 5) is 26.3. The number of ether oxygens (including phenoxy) is 1. The first-order chi connectivity index (χ1) is 15.4. The molecule has 0 bridgehead atoms. The minimum absolute atomic E-state index is 0.0400. The Hall–Kier alpha value is -3.24. The molecule has 1 saturated heterocycles. The highest BCUT2D eigenvalue weighted by atomic mass is 35.5. The highest BCUT2D eigenvalue weighted by molar-refractivity contribution is 6.30. The molecule has 2 aromatic heterocycles. The molecule has 4 rings (SSSR count). The number of nitrogens with zero attached hydrogens (tertiary/aromatic N) is 5. The van der Waals surface area contributed by atoms with E-state index in [1.807, 2.05) is 19.1 Å². The number of nitrogens with one attached hydrogen (secondary N) is 1. The van der Waals surface area contributed by atoms with Crippen LogP contribution in [0.15, 0.2) is 42.9 Å². The normalized spacial score (nSPS) is 17.8. The van der Waals surface area contributed by atoms with Gasteiger partial charge < -0.3 is 19.7 Å². The average Bonchev–Trinajstić information content (AvgIpc) is 3.38. The molecule has 3 atom stereocenters. The molecule has 3 heterocycles. The number of anilines is 2. The molecule has 9 nitrogen and oxygen atoms in total. The molecule has 1 aromatic carbocycles. The van der Waals surface area contributed by atoms with E-state index in [9.17, 15) is 14.3 Å². The number of imidazole rings is 1. The van der Waals surface area contributed by atoms with Gasteiger partial charge in [0.1, 0.15) is 24.6 Å². The molecule has 11 heteroatoms. The van der Waals surface area contributed by atoms with Crippen molar-refractivity contribution in [3.8, 4) is 5.69 Å². The van der Waals surface area contributed by atoms with Crippen LogP contribution in [0.3, 0.4) is 0 Å². The Morgan fingerprint density at radius 2 is 2.03 bits per heavy atom. The Kier molecular flexibility index (Phi) is 6.24. The number of amides is 1. The largest absolute Gasteiger partial charge is 0.447 e. The van der Waals surface area contributed by atoms with Gasteiger partial charge in [-0.1, -0.05) is 11.6 Å². The zero-order valence-electron chi connectivity index (χ0n) is 17.4. The van der Waals surface area contributed by atoms with E-state index >= 15 is 0 Å². The van der Waals surface area contributed by atoms with Crippen molar-refractivity contribution in [2.75, 3.05) is 16.8 Å². The van der Waals surface area contributed by atoms with Gasteiger partial charge in [0.15, 0.2) is 0 Å². The maximum Gasteiger partial charge on any atom is 0.416 e. The van der Waals surface area contributed by atoms with E-state index < -0.39 is 18.3 Å². The second-order valence-corrected chi connectivity index (χ2v) is 7.81. The van der Waals surface area contributed by atoms with Crippen molar-refractivity contribution in [2.45, 2.75) is 38.7 Å². The second-order valence-electron chi connectivity index (χ2n) is 7.38. The third-order valence-corrected chi connectivity index (χ3v) is 5.48. The molecule has 1 aliphatic heterocycles. The van der Waals surface area contributed by atoms with Crippen molar-refractivity contribution in [3.05, 3.63) is 59.3 Å². The zero-order valence-corrected chi connectivity index (χ0v) is 18.2. The van der Waals surface area contributed by atoms with E-state index in [2.05, 4.69) is 20.3 Å². The maximum atomic E-state index is 13.9. The molecule has 2 N–H and O–H groups in total. The lowest BCUT2D eigenvalue weighted by molar-refractivity contribution is 0.174. The quantitative estimate of drug-likeness (QED) is 0.554. The maximum absolute atomic E-state index is 13.9. The van der Waals surface area contributed by atoms with Crippen LogP contribution >= 0.6 is 11.6 Å². The van der Waals surface area contributed by atoms with Gasteiger partial charge in [0, 0.05) is 16.9 Å². The number of hydrogen-bond donors (Lipinski definition) is 2. The van der Waals surface area contributed by atoms with Crippen LogP contribution in [0, 0.1) is 0 Å². The van der Waals surface area contributed by atoms with Crippen molar-refractivity contribution in [2.24, 2.45) is 0 Å². The van der Waals surface area contributed by atoms with E-state index in [0.29, 0.717) is 16.4 Å². The molecule has 3 aromatic rings. The molecule has 168 valence electrons. The molecule has 32 heavy (non-hydrogen) atoms. The summed E-state index contributed by atoms with van der Waals surface area (Å²) in [5.41, 5.74) is 2.01. The molecule has 1 aliphatic rings. The predicted molar refractivity (Wildman–Crippen MR) is 117 cm³/mol. The van der Waals surface area contributed by atoms with Crippen LogP contribution in [0.4, 0.5) is 21.0 Å². The van der Waals surface area contributed by atoms with Crippen molar-refractivity contribution in [1.82, 2.24) is 19.5 Å². The lowest BCUT2D eigenvalue weighted by atomic mass is 10.2. The summed E-state index contributed by atoms with van der Waals surface area (Å²) in [6.45, 7) is 2.94. The van der Waals surface area contributed by atoms with Crippen LogP contribution in [0.1, 0.15) is 31.3 Å². The van der Waals surface area contributed by atoms with E-state index in [1.165, 1.54) is 24.1 Å². The third kappa shape index (κ3) is 4.23. The van der Waals surface area contributed by atoms with Gasteiger partial charge in [0.2, 0.25) is 5.95 Å². The summed E-state index contributed by atoms with van der Waals surface area (Å²) >= 11 is 5.96. The van der Waals surface area contributed by atoms with Crippen molar-refractivity contribution >= 4 is 29.5 Å². The molecule has 1 amide bonds. The van der Waals surface area contributed by atoms with Crippen LogP contribution in [0.2, 0.25) is 5.02 Å². The Balaban J connectivity index is 1.57. The van der Waals surface area contributed by atoms with E-state index in [1.54, 1.807) is 23.0 Å². The minimum Gasteiger partial charge on any atom is -0.447 e. The summed E-state index contributed by atoms with van der Waals surface area (Å²) in [6, 6.07) is 7.57. The van der Waals surface area contributed by atoms with Gasteiger partial charge in [0.25, 0.3) is 0 Å². The highest BCUT2D eigenvalue weighted by Crippen LogP contribution is 2.27. The lowest BCUT2D eigenvalue weighted by Gasteiger charge is -2.22. The molecule has 0 unspecified atom stereocenters. The van der Waals surface area contributed by atoms with E-state index in [-0.39, 0.29) is 31.0 Å². The Morgan fingerprint density at radius 1 is 1.28 bits per heavy atom. The number of halogens is 2. The van der Waals surface area contributed by atoms with Gasteiger partial charge >= 0.3 is 6.09 Å². The second kappa shape index (κ2) is 9.09. The van der Waals surface area contributed by atoms with Gasteiger partial charge in [-0.2, -0.15) is 4.98 Å². The Morgan fingerprint density at radius 3 is 2.72 bits per heavy atom. The fourth-order valence-electron chi connectivity index (χ4n) is 3.58. The van der Waals surface area contributed by atoms with Gasteiger partial charge in [-0.25, -0.2) is 19.2 Å². The molecular formula is C21H22ClFN6O3. The molecule has 0 aliphatic carbocycles. The Bertz CT molecular complexity index is 1110. The molecule has 1 fully saturated rings. The fraction of sp³-hybridized carbons (Fsp3) is 0.333. The monoisotopic (exact) mass is 460 g/mol. The summed E-state index contributed by atoms with van der Waals surface area (Å²) < 4.78 is 20.7. The number of aliphatic hydroxyl groups is 1. The van der Waals surface area contributed by atoms with Crippen LogP contribution in [-0.2, 0) is 11.3 Å². The average molecular weight is 461 g/mol. The molecule has 0 saturated carbocycles. The van der Waals surface area contributed by atoms with Gasteiger partial charge in [-0.15, -0.1) is 0 Å². The standard InChI is InChI=1S/C21H22ClFN6O3/c1-12(23)17-10-32-21(31)29(17)18-7-8-24-20(27-18)26-13(2)19-16(9-30)28(11-25-19)15-5-3-14(22)4-6-15/h3-8,11-13,17,30H,9-10H2,1-2H3,(H,24,26,27)/t12-,13-,17+/m0/s1.